The molecule has 20 heavy (non-hydrogen) atoms. The third-order valence-corrected chi connectivity index (χ3v) is 6.55. The highest BCUT2D eigenvalue weighted by atomic mass is 16.5. The lowest BCUT2D eigenvalue weighted by Crippen LogP contribution is -2.56. The number of hydrogen-bond donors (Lipinski definition) is 0. The molecule has 1 aliphatic heterocycles. The quantitative estimate of drug-likeness (QED) is 0.777. The molecule has 0 aromatic heterocycles. The zero-order valence-electron chi connectivity index (χ0n) is 12.6. The fourth-order valence-electron chi connectivity index (χ4n) is 6.00. The Hall–Kier alpha value is -0.570. The molecule has 4 bridgehead atoms. The summed E-state index contributed by atoms with van der Waals surface area (Å²) >= 11 is 0. The van der Waals surface area contributed by atoms with Crippen LogP contribution in [-0.2, 0) is 9.53 Å². The minimum absolute atomic E-state index is 0.0503. The van der Waals surface area contributed by atoms with E-state index in [1.54, 1.807) is 7.11 Å². The predicted molar refractivity (Wildman–Crippen MR) is 77.2 cm³/mol. The van der Waals surface area contributed by atoms with Crippen molar-refractivity contribution < 1.29 is 9.53 Å². The number of carbonyl (C=O) groups is 1. The van der Waals surface area contributed by atoms with Gasteiger partial charge in [-0.05, 0) is 69.1 Å². The number of piperidine rings is 1. The molecule has 0 unspecified atom stereocenters. The van der Waals surface area contributed by atoms with Crippen LogP contribution in [0, 0.1) is 23.2 Å². The first-order valence-corrected chi connectivity index (χ1v) is 8.51. The number of ether oxygens (including phenoxy) is 1. The number of likely N-dealkylation sites (tertiary alicyclic amines) is 1. The SMILES string of the molecule is COC1CCN(C(=O)C23CC4CC(CC(C4)C2)C3)CC1. The van der Waals surface area contributed by atoms with Gasteiger partial charge in [0, 0.05) is 20.2 Å². The number of carbonyl (C=O) groups excluding carboxylic acids is 1. The van der Waals surface area contributed by atoms with Crippen LogP contribution in [0.15, 0.2) is 0 Å². The minimum atomic E-state index is 0.0503. The van der Waals surface area contributed by atoms with Crippen molar-refractivity contribution in [2.24, 2.45) is 23.2 Å². The molecule has 1 saturated heterocycles. The Kier molecular flexibility index (Phi) is 3.10. The van der Waals surface area contributed by atoms with Crippen LogP contribution in [-0.4, -0.2) is 37.1 Å². The molecule has 3 heteroatoms. The summed E-state index contributed by atoms with van der Waals surface area (Å²) in [5.41, 5.74) is 0.0503. The normalized spacial score (nSPS) is 44.0. The average Bonchev–Trinajstić information content (AvgIpc) is 2.45. The summed E-state index contributed by atoms with van der Waals surface area (Å²) in [5, 5.41) is 0. The average molecular weight is 277 g/mol. The molecule has 3 nitrogen and oxygen atoms in total. The van der Waals surface area contributed by atoms with Gasteiger partial charge in [-0.2, -0.15) is 0 Å². The second kappa shape index (κ2) is 4.72. The van der Waals surface area contributed by atoms with Crippen LogP contribution in [0.25, 0.3) is 0 Å². The summed E-state index contributed by atoms with van der Waals surface area (Å²) in [6.07, 6.45) is 10.2. The van der Waals surface area contributed by atoms with E-state index >= 15 is 0 Å². The second-order valence-corrected chi connectivity index (χ2v) is 7.93. The molecule has 0 spiro atoms. The Balaban J connectivity index is 1.48. The molecular formula is C17H27NO2. The maximum absolute atomic E-state index is 13.1. The van der Waals surface area contributed by atoms with Gasteiger partial charge in [-0.3, -0.25) is 4.79 Å². The van der Waals surface area contributed by atoms with E-state index in [2.05, 4.69) is 4.90 Å². The van der Waals surface area contributed by atoms with Crippen molar-refractivity contribution in [3.8, 4) is 0 Å². The number of nitrogens with zero attached hydrogens (tertiary/aromatic N) is 1. The molecule has 5 fully saturated rings. The Bertz CT molecular complexity index is 363. The molecule has 5 rings (SSSR count). The summed E-state index contributed by atoms with van der Waals surface area (Å²) in [6, 6.07) is 0. The van der Waals surface area contributed by atoms with Gasteiger partial charge < -0.3 is 9.64 Å². The summed E-state index contributed by atoms with van der Waals surface area (Å²) in [6.45, 7) is 1.83. The Morgan fingerprint density at radius 2 is 1.50 bits per heavy atom. The van der Waals surface area contributed by atoms with Crippen molar-refractivity contribution in [3.63, 3.8) is 0 Å². The molecule has 0 radical (unpaired) electrons. The van der Waals surface area contributed by atoms with Crippen molar-refractivity contribution >= 4 is 5.91 Å². The van der Waals surface area contributed by atoms with Gasteiger partial charge in [0.2, 0.25) is 5.91 Å². The first-order chi connectivity index (χ1) is 9.68. The van der Waals surface area contributed by atoms with E-state index in [4.69, 9.17) is 4.74 Å². The van der Waals surface area contributed by atoms with Crippen LogP contribution in [0.5, 0.6) is 0 Å². The Morgan fingerprint density at radius 1 is 1.00 bits per heavy atom. The predicted octanol–water partition coefficient (Wildman–Crippen LogP) is 2.84. The molecule has 0 atom stereocenters. The smallest absolute Gasteiger partial charge is 0.228 e. The highest BCUT2D eigenvalue weighted by molar-refractivity contribution is 5.83. The summed E-state index contributed by atoms with van der Waals surface area (Å²) in [7, 11) is 1.79. The van der Waals surface area contributed by atoms with Gasteiger partial charge in [0.25, 0.3) is 0 Å². The molecule has 4 aliphatic carbocycles. The molecule has 0 aromatic carbocycles. The standard InChI is InChI=1S/C17H27NO2/c1-20-15-2-4-18(5-3-15)16(19)17-9-12-6-13(10-17)8-14(7-12)11-17/h12-15H,2-11H2,1H3. The molecule has 1 heterocycles. The number of methoxy groups -OCH3 is 1. The molecule has 1 amide bonds. The van der Waals surface area contributed by atoms with Crippen LogP contribution in [0.1, 0.15) is 51.4 Å². The van der Waals surface area contributed by atoms with E-state index in [1.807, 2.05) is 0 Å². The lowest BCUT2D eigenvalue weighted by molar-refractivity contribution is -0.159. The third-order valence-electron chi connectivity index (χ3n) is 6.55. The van der Waals surface area contributed by atoms with Gasteiger partial charge >= 0.3 is 0 Å². The van der Waals surface area contributed by atoms with E-state index < -0.39 is 0 Å². The van der Waals surface area contributed by atoms with E-state index in [0.29, 0.717) is 12.0 Å². The highest BCUT2D eigenvalue weighted by Crippen LogP contribution is 2.60. The van der Waals surface area contributed by atoms with E-state index in [1.165, 1.54) is 38.5 Å². The highest BCUT2D eigenvalue weighted by Gasteiger charge is 2.55. The lowest BCUT2D eigenvalue weighted by Gasteiger charge is -2.57. The Morgan fingerprint density at radius 3 is 1.95 bits per heavy atom. The van der Waals surface area contributed by atoms with Crippen molar-refractivity contribution in [2.75, 3.05) is 20.2 Å². The van der Waals surface area contributed by atoms with Crippen LogP contribution >= 0.6 is 0 Å². The summed E-state index contributed by atoms with van der Waals surface area (Å²) in [5.74, 6) is 3.09. The summed E-state index contributed by atoms with van der Waals surface area (Å²) < 4.78 is 5.43. The van der Waals surface area contributed by atoms with Gasteiger partial charge in [-0.15, -0.1) is 0 Å². The monoisotopic (exact) mass is 277 g/mol. The van der Waals surface area contributed by atoms with Gasteiger partial charge in [0.05, 0.1) is 11.5 Å². The molecule has 4 saturated carbocycles. The van der Waals surface area contributed by atoms with E-state index in [9.17, 15) is 4.79 Å². The van der Waals surface area contributed by atoms with Gasteiger partial charge in [-0.1, -0.05) is 0 Å². The van der Waals surface area contributed by atoms with Gasteiger partial charge in [0.15, 0.2) is 0 Å². The number of rotatable bonds is 2. The fraction of sp³-hybridized carbons (Fsp3) is 0.941. The van der Waals surface area contributed by atoms with Crippen LogP contribution < -0.4 is 0 Å². The van der Waals surface area contributed by atoms with E-state index in [0.717, 1.165) is 43.7 Å². The Labute approximate surface area is 122 Å². The molecule has 0 aromatic rings. The second-order valence-electron chi connectivity index (χ2n) is 7.93. The molecule has 0 N–H and O–H groups in total. The molecular weight excluding hydrogens is 250 g/mol. The van der Waals surface area contributed by atoms with Crippen molar-refractivity contribution in [3.05, 3.63) is 0 Å². The van der Waals surface area contributed by atoms with E-state index in [-0.39, 0.29) is 5.41 Å². The lowest BCUT2D eigenvalue weighted by atomic mass is 9.49. The molecule has 112 valence electrons. The zero-order valence-corrected chi connectivity index (χ0v) is 12.6. The van der Waals surface area contributed by atoms with Crippen LogP contribution in [0.4, 0.5) is 0 Å². The molecule has 5 aliphatic rings. The van der Waals surface area contributed by atoms with Crippen LogP contribution in [0.2, 0.25) is 0 Å². The largest absolute Gasteiger partial charge is 0.381 e. The third kappa shape index (κ3) is 2.01. The van der Waals surface area contributed by atoms with Crippen molar-refractivity contribution in [1.82, 2.24) is 4.90 Å². The zero-order chi connectivity index (χ0) is 13.7. The van der Waals surface area contributed by atoms with Gasteiger partial charge in [-0.25, -0.2) is 0 Å². The topological polar surface area (TPSA) is 29.5 Å². The van der Waals surface area contributed by atoms with Crippen LogP contribution in [0.3, 0.4) is 0 Å². The number of hydrogen-bond acceptors (Lipinski definition) is 2. The maximum atomic E-state index is 13.1. The van der Waals surface area contributed by atoms with Crippen molar-refractivity contribution in [2.45, 2.75) is 57.5 Å². The first kappa shape index (κ1) is 13.1. The summed E-state index contributed by atoms with van der Waals surface area (Å²) in [4.78, 5) is 15.3. The first-order valence-electron chi connectivity index (χ1n) is 8.51. The fourth-order valence-corrected chi connectivity index (χ4v) is 6.00. The van der Waals surface area contributed by atoms with Crippen molar-refractivity contribution in [1.29, 1.82) is 0 Å². The maximum Gasteiger partial charge on any atom is 0.228 e. The number of amides is 1. The van der Waals surface area contributed by atoms with Gasteiger partial charge in [0.1, 0.15) is 0 Å². The minimum Gasteiger partial charge on any atom is -0.381 e.